The lowest BCUT2D eigenvalue weighted by Crippen LogP contribution is -2.37. The van der Waals surface area contributed by atoms with Crippen molar-refractivity contribution >= 4 is 15.6 Å². The van der Waals surface area contributed by atoms with E-state index >= 15 is 0 Å². The number of fused-ring (bicyclic) bond motifs is 1. The van der Waals surface area contributed by atoms with Crippen molar-refractivity contribution in [3.63, 3.8) is 0 Å². The van der Waals surface area contributed by atoms with Crippen LogP contribution >= 0.6 is 7.75 Å². The molecule has 0 aromatic heterocycles. The van der Waals surface area contributed by atoms with E-state index in [1.165, 1.54) is 0 Å². The van der Waals surface area contributed by atoms with E-state index in [1.807, 2.05) is 13.8 Å². The predicted molar refractivity (Wildman–Crippen MR) is 57.1 cm³/mol. The Bertz CT molecular complexity index is 315. The zero-order chi connectivity index (χ0) is 11.9. The van der Waals surface area contributed by atoms with Crippen molar-refractivity contribution in [2.24, 2.45) is 0 Å². The number of rotatable bonds is 3. The van der Waals surface area contributed by atoms with Crippen LogP contribution in [0.1, 0.15) is 13.8 Å². The van der Waals surface area contributed by atoms with E-state index < -0.39 is 32.0 Å². The van der Waals surface area contributed by atoms with Gasteiger partial charge in [-0.25, -0.2) is 9.65 Å². The minimum Gasteiger partial charge on any atom is -0.378 e. The number of hydrogen-bond acceptors (Lipinski definition) is 4. The molecule has 2 radical (unpaired) electrons. The smallest absolute Gasteiger partial charge is 0.378 e. The van der Waals surface area contributed by atoms with Gasteiger partial charge in [0.25, 0.3) is 0 Å². The van der Waals surface area contributed by atoms with Gasteiger partial charge in [0.2, 0.25) is 0 Å². The summed E-state index contributed by atoms with van der Waals surface area (Å²) in [5.74, 6) is 0. The van der Waals surface area contributed by atoms with Gasteiger partial charge in [0.1, 0.15) is 20.1 Å². The molecule has 2 heterocycles. The molecular weight excluding hydrogens is 232 g/mol. The summed E-state index contributed by atoms with van der Waals surface area (Å²) >= 11 is 0. The van der Waals surface area contributed by atoms with Crippen molar-refractivity contribution in [2.75, 3.05) is 6.61 Å². The van der Waals surface area contributed by atoms with Crippen LogP contribution < -0.4 is 5.09 Å². The fourth-order valence-corrected chi connectivity index (χ4v) is 3.20. The highest BCUT2D eigenvalue weighted by atomic mass is 31.2. The van der Waals surface area contributed by atoms with Gasteiger partial charge in [-0.1, -0.05) is 0 Å². The summed E-state index contributed by atoms with van der Waals surface area (Å²) in [5, 5.41) is 2.44. The topological polar surface area (TPSA) is 77.0 Å². The monoisotopic (exact) mass is 247 g/mol. The van der Waals surface area contributed by atoms with Crippen LogP contribution in [0.5, 0.6) is 0 Å². The Balaban J connectivity index is 1.99. The molecule has 0 saturated carbocycles. The molecule has 16 heavy (non-hydrogen) atoms. The second kappa shape index (κ2) is 4.40. The van der Waals surface area contributed by atoms with Crippen molar-refractivity contribution in [1.29, 1.82) is 0 Å². The first-order valence-electron chi connectivity index (χ1n) is 5.21. The Hall–Kier alpha value is 0.0949. The highest BCUT2D eigenvalue weighted by Crippen LogP contribution is 2.49. The maximum atomic E-state index is 11.3. The van der Waals surface area contributed by atoms with Crippen LogP contribution in [0.2, 0.25) is 0 Å². The van der Waals surface area contributed by atoms with Gasteiger partial charge in [0.05, 0.1) is 18.8 Å². The molecule has 2 saturated heterocycles. The summed E-state index contributed by atoms with van der Waals surface area (Å²) in [6.07, 6.45) is -0.864. The molecule has 0 amide bonds. The third-order valence-corrected chi connectivity index (χ3v) is 3.73. The summed E-state index contributed by atoms with van der Waals surface area (Å²) in [5.41, 5.74) is 0. The van der Waals surface area contributed by atoms with Gasteiger partial charge in [-0.05, 0) is 13.8 Å². The molecule has 0 spiro atoms. The van der Waals surface area contributed by atoms with Crippen LogP contribution in [0.25, 0.3) is 0 Å². The molecule has 2 N–H and O–H groups in total. The molecule has 2 fully saturated rings. The Morgan fingerprint density at radius 1 is 1.62 bits per heavy atom. The minimum atomic E-state index is -3.71. The second-order valence-electron chi connectivity index (χ2n) is 4.27. The number of hydrogen-bond donors (Lipinski definition) is 2. The second-order valence-corrected chi connectivity index (χ2v) is 5.78. The predicted octanol–water partition coefficient (Wildman–Crippen LogP) is -0.238. The summed E-state index contributed by atoms with van der Waals surface area (Å²) < 4.78 is 27.1. The molecule has 0 aromatic carbocycles. The van der Waals surface area contributed by atoms with Crippen LogP contribution in [0.3, 0.4) is 0 Å². The normalized spacial score (nSPS) is 47.5. The maximum absolute atomic E-state index is 11.3. The zero-order valence-electron chi connectivity index (χ0n) is 9.20. The molecule has 0 aromatic rings. The molecule has 6 nitrogen and oxygen atoms in total. The van der Waals surface area contributed by atoms with Gasteiger partial charge in [0.15, 0.2) is 0 Å². The van der Waals surface area contributed by atoms with Gasteiger partial charge in [-0.3, -0.25) is 4.52 Å². The minimum absolute atomic E-state index is 0.0640. The summed E-state index contributed by atoms with van der Waals surface area (Å²) in [4.78, 5) is 9.28. The van der Waals surface area contributed by atoms with E-state index in [0.717, 1.165) is 0 Å². The lowest BCUT2D eigenvalue weighted by molar-refractivity contribution is -0.0424. The zero-order valence-corrected chi connectivity index (χ0v) is 10.1. The van der Waals surface area contributed by atoms with E-state index in [1.54, 1.807) is 0 Å². The lowest BCUT2D eigenvalue weighted by Gasteiger charge is -2.18. The van der Waals surface area contributed by atoms with Gasteiger partial charge in [-0.2, -0.15) is 0 Å². The highest BCUT2D eigenvalue weighted by Gasteiger charge is 2.53. The molecule has 2 aliphatic rings. The first-order chi connectivity index (χ1) is 7.39. The largest absolute Gasteiger partial charge is 0.403 e. The quantitative estimate of drug-likeness (QED) is 0.529. The van der Waals surface area contributed by atoms with Crippen LogP contribution in [0.15, 0.2) is 0 Å². The average Bonchev–Trinajstić information content (AvgIpc) is 2.59. The number of nitrogens with one attached hydrogen (secondary N) is 1. The SMILES string of the molecule is [B][C@@H]1O[C@H](COC(C)C)[C@@H]2OP(=O)(O)NC12. The lowest BCUT2D eigenvalue weighted by atomic mass is 9.91. The van der Waals surface area contributed by atoms with Crippen molar-refractivity contribution in [3.05, 3.63) is 0 Å². The Kier molecular flexibility index (Phi) is 3.45. The molecule has 90 valence electrons. The highest BCUT2D eigenvalue weighted by molar-refractivity contribution is 7.50. The van der Waals surface area contributed by atoms with Crippen molar-refractivity contribution in [1.82, 2.24) is 5.09 Å². The summed E-state index contributed by atoms with van der Waals surface area (Å²) in [6.45, 7) is 4.10. The molecule has 2 aliphatic heterocycles. The van der Waals surface area contributed by atoms with Gasteiger partial charge >= 0.3 is 7.75 Å². The molecule has 8 heteroatoms. The number of ether oxygens (including phenoxy) is 2. The van der Waals surface area contributed by atoms with Crippen LogP contribution in [0.4, 0.5) is 0 Å². The Morgan fingerprint density at radius 2 is 2.31 bits per heavy atom. The molecule has 2 unspecified atom stereocenters. The average molecular weight is 247 g/mol. The first-order valence-corrected chi connectivity index (χ1v) is 6.78. The van der Waals surface area contributed by atoms with Crippen LogP contribution in [-0.4, -0.2) is 49.7 Å². The first kappa shape index (κ1) is 12.5. The fraction of sp³-hybridized carbons (Fsp3) is 1.00. The summed E-state index contributed by atoms with van der Waals surface area (Å²) in [7, 11) is 1.98. The third kappa shape index (κ3) is 2.50. The maximum Gasteiger partial charge on any atom is 0.403 e. The van der Waals surface area contributed by atoms with E-state index in [4.69, 9.17) is 21.8 Å². The van der Waals surface area contributed by atoms with Crippen LogP contribution in [-0.2, 0) is 18.6 Å². The van der Waals surface area contributed by atoms with E-state index in [9.17, 15) is 9.46 Å². The summed E-state index contributed by atoms with van der Waals surface area (Å²) in [6, 6.07) is -1.09. The molecule has 5 atom stereocenters. The molecule has 0 aliphatic carbocycles. The third-order valence-electron chi connectivity index (χ3n) is 2.58. The molecule has 2 rings (SSSR count). The van der Waals surface area contributed by atoms with Gasteiger partial charge in [0, 0.05) is 6.00 Å². The standard InChI is InChI=1S/C8H15BNO5P/c1-4(2)13-3-5-7-6(8(9)14-5)10-16(11,12)15-7/h4-8H,3H2,1-2H3,(H2,10,11,12)/t5-,6?,7+,8-/m1/s1. The molecular formula is C8H15BNO5P. The van der Waals surface area contributed by atoms with Crippen LogP contribution in [0, 0.1) is 0 Å². The molecule has 0 bridgehead atoms. The Morgan fingerprint density at radius 3 is 2.94 bits per heavy atom. The van der Waals surface area contributed by atoms with E-state index in [0.29, 0.717) is 6.61 Å². The van der Waals surface area contributed by atoms with Gasteiger partial charge in [-0.15, -0.1) is 0 Å². The Labute approximate surface area is 95.6 Å². The van der Waals surface area contributed by atoms with Crippen molar-refractivity contribution in [3.8, 4) is 0 Å². The van der Waals surface area contributed by atoms with Crippen molar-refractivity contribution < 1.29 is 23.5 Å². The van der Waals surface area contributed by atoms with E-state index in [2.05, 4.69) is 5.09 Å². The van der Waals surface area contributed by atoms with Gasteiger partial charge < -0.3 is 14.4 Å². The fourth-order valence-electron chi connectivity index (χ4n) is 1.87. The van der Waals surface area contributed by atoms with E-state index in [-0.39, 0.29) is 6.10 Å². The van der Waals surface area contributed by atoms with Crippen molar-refractivity contribution in [2.45, 2.75) is 44.2 Å².